The first-order valence-electron chi connectivity index (χ1n) is 6.58. The smallest absolute Gasteiger partial charge is 0.119 e. The third-order valence-electron chi connectivity index (χ3n) is 3.39. The lowest BCUT2D eigenvalue weighted by atomic mass is 10.2. The average Bonchev–Trinajstić information content (AvgIpc) is 2.73. The number of rotatable bonds is 6. The number of hydrogen-bond donors (Lipinski definition) is 2. The lowest BCUT2D eigenvalue weighted by molar-refractivity contribution is 0.105. The SMILES string of the molecule is COCC1C[C@@H](O)CN1CCOc1ccc(N)cc1. The topological polar surface area (TPSA) is 68.0 Å². The second-order valence-corrected chi connectivity index (χ2v) is 4.91. The maximum atomic E-state index is 9.69. The zero-order valence-corrected chi connectivity index (χ0v) is 11.3. The Morgan fingerprint density at radius 1 is 1.37 bits per heavy atom. The zero-order valence-electron chi connectivity index (χ0n) is 11.3. The van der Waals surface area contributed by atoms with Crippen LogP contribution in [0.1, 0.15) is 6.42 Å². The highest BCUT2D eigenvalue weighted by Gasteiger charge is 2.30. The van der Waals surface area contributed by atoms with Crippen molar-refractivity contribution >= 4 is 5.69 Å². The van der Waals surface area contributed by atoms with Crippen molar-refractivity contribution in [2.24, 2.45) is 0 Å². The Hall–Kier alpha value is -1.30. The molecule has 0 amide bonds. The van der Waals surface area contributed by atoms with Crippen LogP contribution in [0.5, 0.6) is 5.75 Å². The first kappa shape index (κ1) is 14.1. The molecule has 19 heavy (non-hydrogen) atoms. The van der Waals surface area contributed by atoms with E-state index in [4.69, 9.17) is 15.2 Å². The summed E-state index contributed by atoms with van der Waals surface area (Å²) in [5, 5.41) is 9.69. The summed E-state index contributed by atoms with van der Waals surface area (Å²) in [7, 11) is 1.69. The molecule has 1 saturated heterocycles. The normalized spacial score (nSPS) is 23.7. The van der Waals surface area contributed by atoms with Gasteiger partial charge in [0.1, 0.15) is 12.4 Å². The van der Waals surface area contributed by atoms with Crippen LogP contribution in [0.25, 0.3) is 0 Å². The third-order valence-corrected chi connectivity index (χ3v) is 3.39. The molecular formula is C14H22N2O3. The monoisotopic (exact) mass is 266 g/mol. The van der Waals surface area contributed by atoms with E-state index in [9.17, 15) is 5.11 Å². The number of benzene rings is 1. The number of aliphatic hydroxyl groups excluding tert-OH is 1. The second kappa shape index (κ2) is 6.75. The summed E-state index contributed by atoms with van der Waals surface area (Å²) in [6, 6.07) is 7.66. The van der Waals surface area contributed by atoms with Gasteiger partial charge < -0.3 is 20.3 Å². The minimum atomic E-state index is -0.253. The molecule has 0 radical (unpaired) electrons. The highest BCUT2D eigenvalue weighted by Crippen LogP contribution is 2.18. The van der Waals surface area contributed by atoms with Crippen molar-refractivity contribution < 1.29 is 14.6 Å². The van der Waals surface area contributed by atoms with Gasteiger partial charge in [-0.1, -0.05) is 0 Å². The first-order chi connectivity index (χ1) is 9.19. The first-order valence-corrected chi connectivity index (χ1v) is 6.58. The van der Waals surface area contributed by atoms with Gasteiger partial charge in [0.05, 0.1) is 12.7 Å². The number of aliphatic hydroxyl groups is 1. The number of methoxy groups -OCH3 is 1. The lowest BCUT2D eigenvalue weighted by Gasteiger charge is -2.23. The van der Waals surface area contributed by atoms with E-state index in [1.807, 2.05) is 24.3 Å². The third kappa shape index (κ3) is 4.09. The Bertz CT molecular complexity index is 383. The average molecular weight is 266 g/mol. The molecule has 0 spiro atoms. The van der Waals surface area contributed by atoms with Gasteiger partial charge in [-0.25, -0.2) is 0 Å². The summed E-state index contributed by atoms with van der Waals surface area (Å²) in [5.74, 6) is 0.817. The van der Waals surface area contributed by atoms with Gasteiger partial charge in [0.2, 0.25) is 0 Å². The van der Waals surface area contributed by atoms with Gasteiger partial charge in [-0.15, -0.1) is 0 Å². The molecule has 1 aliphatic rings. The van der Waals surface area contributed by atoms with Gasteiger partial charge in [-0.05, 0) is 30.7 Å². The van der Waals surface area contributed by atoms with Crippen molar-refractivity contribution in [1.29, 1.82) is 0 Å². The molecule has 0 saturated carbocycles. The maximum absolute atomic E-state index is 9.69. The Labute approximate surface area is 113 Å². The van der Waals surface area contributed by atoms with Crippen molar-refractivity contribution in [3.8, 4) is 5.75 Å². The molecule has 1 aliphatic heterocycles. The van der Waals surface area contributed by atoms with E-state index in [-0.39, 0.29) is 12.1 Å². The number of nitrogens with two attached hydrogens (primary N) is 1. The quantitative estimate of drug-likeness (QED) is 0.743. The summed E-state index contributed by atoms with van der Waals surface area (Å²) >= 11 is 0. The molecule has 5 heteroatoms. The van der Waals surface area contributed by atoms with Gasteiger partial charge in [-0.3, -0.25) is 4.90 Å². The van der Waals surface area contributed by atoms with E-state index in [2.05, 4.69) is 4.90 Å². The van der Waals surface area contributed by atoms with E-state index in [1.165, 1.54) is 0 Å². The predicted octanol–water partition coefficient (Wildman–Crippen LogP) is 0.729. The van der Waals surface area contributed by atoms with Gasteiger partial charge in [-0.2, -0.15) is 0 Å². The fourth-order valence-electron chi connectivity index (χ4n) is 2.44. The summed E-state index contributed by atoms with van der Waals surface area (Å²) < 4.78 is 10.8. The molecule has 3 N–H and O–H groups in total. The number of nitrogens with zero attached hydrogens (tertiary/aromatic N) is 1. The van der Waals surface area contributed by atoms with Crippen molar-refractivity contribution in [3.05, 3.63) is 24.3 Å². The van der Waals surface area contributed by atoms with Crippen LogP contribution < -0.4 is 10.5 Å². The number of ether oxygens (including phenoxy) is 2. The Kier molecular flexibility index (Phi) is 5.01. The lowest BCUT2D eigenvalue weighted by Crippen LogP contribution is -2.36. The van der Waals surface area contributed by atoms with Gasteiger partial charge in [0, 0.05) is 31.9 Å². The van der Waals surface area contributed by atoms with Crippen LogP contribution in [0.15, 0.2) is 24.3 Å². The van der Waals surface area contributed by atoms with Crippen molar-refractivity contribution in [2.75, 3.05) is 39.1 Å². The standard InChI is InChI=1S/C14H22N2O3/c1-18-10-12-8-13(17)9-16(12)6-7-19-14-4-2-11(15)3-5-14/h2-5,12-13,17H,6-10,15H2,1H3/t12?,13-/m1/s1. The Morgan fingerprint density at radius 3 is 2.79 bits per heavy atom. The number of anilines is 1. The van der Waals surface area contributed by atoms with Crippen molar-refractivity contribution in [2.45, 2.75) is 18.6 Å². The van der Waals surface area contributed by atoms with Gasteiger partial charge >= 0.3 is 0 Å². The highest BCUT2D eigenvalue weighted by molar-refractivity contribution is 5.41. The van der Waals surface area contributed by atoms with E-state index >= 15 is 0 Å². The van der Waals surface area contributed by atoms with Crippen LogP contribution in [0.2, 0.25) is 0 Å². The number of β-amino-alcohol motifs (C(OH)–C–C–N with tert-alkyl or cyclic N) is 1. The molecule has 2 rings (SSSR count). The Morgan fingerprint density at radius 2 is 2.11 bits per heavy atom. The van der Waals surface area contributed by atoms with E-state index in [0.717, 1.165) is 24.4 Å². The van der Waals surface area contributed by atoms with Crippen molar-refractivity contribution in [3.63, 3.8) is 0 Å². The minimum Gasteiger partial charge on any atom is -0.492 e. The molecule has 0 aromatic heterocycles. The molecule has 0 aliphatic carbocycles. The van der Waals surface area contributed by atoms with Crippen LogP contribution in [-0.2, 0) is 4.74 Å². The molecule has 1 aromatic rings. The number of likely N-dealkylation sites (tertiary alicyclic amines) is 1. The summed E-state index contributed by atoms with van der Waals surface area (Å²) in [4.78, 5) is 2.21. The van der Waals surface area contributed by atoms with E-state index in [1.54, 1.807) is 7.11 Å². The summed E-state index contributed by atoms with van der Waals surface area (Å²) in [6.45, 7) is 2.73. The highest BCUT2D eigenvalue weighted by atomic mass is 16.5. The second-order valence-electron chi connectivity index (χ2n) is 4.91. The largest absolute Gasteiger partial charge is 0.492 e. The van der Waals surface area contributed by atoms with Gasteiger partial charge in [0.15, 0.2) is 0 Å². The molecule has 106 valence electrons. The number of hydrogen-bond acceptors (Lipinski definition) is 5. The zero-order chi connectivity index (χ0) is 13.7. The van der Waals surface area contributed by atoms with E-state index in [0.29, 0.717) is 19.8 Å². The predicted molar refractivity (Wildman–Crippen MR) is 74.2 cm³/mol. The molecular weight excluding hydrogens is 244 g/mol. The molecule has 1 fully saturated rings. The molecule has 5 nitrogen and oxygen atoms in total. The van der Waals surface area contributed by atoms with Crippen LogP contribution in [0.4, 0.5) is 5.69 Å². The summed E-state index contributed by atoms with van der Waals surface area (Å²) in [6.07, 6.45) is 0.520. The Balaban J connectivity index is 1.76. The van der Waals surface area contributed by atoms with Crippen LogP contribution >= 0.6 is 0 Å². The van der Waals surface area contributed by atoms with Crippen molar-refractivity contribution in [1.82, 2.24) is 4.90 Å². The van der Waals surface area contributed by atoms with Crippen LogP contribution in [0, 0.1) is 0 Å². The molecule has 1 aromatic carbocycles. The van der Waals surface area contributed by atoms with Crippen LogP contribution in [-0.4, -0.2) is 55.6 Å². The maximum Gasteiger partial charge on any atom is 0.119 e. The molecule has 0 bridgehead atoms. The molecule has 1 unspecified atom stereocenters. The fraction of sp³-hybridized carbons (Fsp3) is 0.571. The van der Waals surface area contributed by atoms with E-state index < -0.39 is 0 Å². The van der Waals surface area contributed by atoms with Crippen LogP contribution in [0.3, 0.4) is 0 Å². The summed E-state index contributed by atoms with van der Waals surface area (Å²) in [5.41, 5.74) is 6.35. The fourth-order valence-corrected chi connectivity index (χ4v) is 2.44. The minimum absolute atomic E-state index is 0.253. The molecule has 2 atom stereocenters. The van der Waals surface area contributed by atoms with Gasteiger partial charge in [0.25, 0.3) is 0 Å². The number of nitrogen functional groups attached to an aromatic ring is 1. The molecule has 1 heterocycles.